The third-order valence-electron chi connectivity index (χ3n) is 8.81. The summed E-state index contributed by atoms with van der Waals surface area (Å²) in [6.45, 7) is 10.6. The van der Waals surface area contributed by atoms with Crippen LogP contribution >= 0.6 is 0 Å². The van der Waals surface area contributed by atoms with E-state index in [1.165, 1.54) is 13.8 Å². The van der Waals surface area contributed by atoms with Gasteiger partial charge in [-0.25, -0.2) is 4.79 Å². The molecular weight excluding hydrogens is 612 g/mol. The first-order valence-electron chi connectivity index (χ1n) is 16.5. The number of hydrogen-bond donors (Lipinski definition) is 1. The summed E-state index contributed by atoms with van der Waals surface area (Å²) in [7, 11) is 0. The van der Waals surface area contributed by atoms with E-state index < -0.39 is 40.2 Å². The number of piperidine rings is 1. The topological polar surface area (TPSA) is 136 Å². The first-order valence-corrected chi connectivity index (χ1v) is 16.5. The van der Waals surface area contributed by atoms with Gasteiger partial charge in [0, 0.05) is 25.7 Å². The largest absolute Gasteiger partial charge is 0.548 e. The normalized spacial score (nSPS) is 21.3. The van der Waals surface area contributed by atoms with Gasteiger partial charge in [0.15, 0.2) is 5.84 Å². The highest BCUT2D eigenvalue weighted by molar-refractivity contribution is 6.08. The Morgan fingerprint density at radius 2 is 1.60 bits per heavy atom. The molecule has 3 heterocycles. The number of fused-ring (bicyclic) bond motifs is 1. The molecule has 0 radical (unpaired) electrons. The zero-order valence-corrected chi connectivity index (χ0v) is 28.4. The van der Waals surface area contributed by atoms with E-state index in [-0.39, 0.29) is 18.0 Å². The molecule has 12 heteroatoms. The number of rotatable bonds is 12. The van der Waals surface area contributed by atoms with Gasteiger partial charge in [-0.2, -0.15) is 10.4 Å². The number of urea groups is 1. The fourth-order valence-electron chi connectivity index (χ4n) is 5.76. The maximum Gasteiger partial charge on any atom is 0.474 e. The number of amides is 2. The molecule has 2 amide bonds. The van der Waals surface area contributed by atoms with Crippen molar-refractivity contribution in [1.29, 1.82) is 0 Å². The predicted octanol–water partition coefficient (Wildman–Crippen LogP) is 3.76. The second kappa shape index (κ2) is 14.4. The molecule has 0 spiro atoms. The van der Waals surface area contributed by atoms with Gasteiger partial charge >= 0.3 is 12.0 Å². The van der Waals surface area contributed by atoms with Crippen LogP contribution in [0.1, 0.15) is 71.1 Å². The Hall–Kier alpha value is -4.39. The maximum atomic E-state index is 13.7. The molecule has 1 fully saturated rings. The SMILES string of the molecule is CC(C)(C)C(=O)OC[N+]12NC(=NCCCN3CCC(OC(c4ccccc4)c4ccccc4)CC3)C=CC1=NN(C(C)(C)C(=O)[O-])C2=O. The van der Waals surface area contributed by atoms with Gasteiger partial charge in [0.25, 0.3) is 12.6 Å². The van der Waals surface area contributed by atoms with E-state index >= 15 is 0 Å². The molecule has 0 bridgehead atoms. The molecule has 2 aromatic rings. The molecule has 5 rings (SSSR count). The third kappa shape index (κ3) is 7.67. The molecule has 0 aromatic heterocycles. The predicted molar refractivity (Wildman–Crippen MR) is 179 cm³/mol. The second-order valence-corrected chi connectivity index (χ2v) is 14.0. The molecule has 12 nitrogen and oxygen atoms in total. The third-order valence-corrected chi connectivity index (χ3v) is 8.81. The summed E-state index contributed by atoms with van der Waals surface area (Å²) in [5, 5.41) is 17.0. The number of carboxylic acids is 1. The molecule has 0 saturated carbocycles. The second-order valence-electron chi connectivity index (χ2n) is 14.0. The number of likely N-dealkylation sites (tertiary alicyclic amines) is 1. The van der Waals surface area contributed by atoms with Gasteiger partial charge in [-0.3, -0.25) is 9.79 Å². The lowest BCUT2D eigenvalue weighted by Crippen LogP contribution is -2.69. The number of hydrazone groups is 1. The minimum atomic E-state index is -1.74. The van der Waals surface area contributed by atoms with E-state index in [0.29, 0.717) is 12.4 Å². The number of nitrogens with zero attached hydrogens (tertiary/aromatic N) is 5. The summed E-state index contributed by atoms with van der Waals surface area (Å²) in [6.07, 6.45) is 5.99. The first kappa shape index (κ1) is 34.9. The summed E-state index contributed by atoms with van der Waals surface area (Å²) in [4.78, 5) is 45.4. The monoisotopic (exact) mass is 658 g/mol. The lowest BCUT2D eigenvalue weighted by molar-refractivity contribution is -0.813. The summed E-state index contributed by atoms with van der Waals surface area (Å²) in [5.74, 6) is -1.39. The minimum absolute atomic E-state index is 0.106. The molecular formula is C36H46N6O6. The van der Waals surface area contributed by atoms with Crippen molar-refractivity contribution in [2.45, 2.75) is 71.6 Å². The van der Waals surface area contributed by atoms with Gasteiger partial charge < -0.3 is 24.3 Å². The zero-order chi connectivity index (χ0) is 34.5. The number of nitrogens with one attached hydrogen (secondary N) is 1. The van der Waals surface area contributed by atoms with Crippen LogP contribution in [0.25, 0.3) is 0 Å². The number of carbonyl (C=O) groups excluding carboxylic acids is 3. The van der Waals surface area contributed by atoms with Crippen molar-refractivity contribution in [3.63, 3.8) is 0 Å². The Kier molecular flexibility index (Phi) is 10.5. The summed E-state index contributed by atoms with van der Waals surface area (Å²) < 4.78 is 11.5. The number of benzene rings is 2. The molecule has 3 aliphatic heterocycles. The van der Waals surface area contributed by atoms with Crippen LogP contribution in [0.5, 0.6) is 0 Å². The fourth-order valence-corrected chi connectivity index (χ4v) is 5.76. The number of aliphatic carboxylic acids is 1. The molecule has 48 heavy (non-hydrogen) atoms. The van der Waals surface area contributed by atoms with Crippen molar-refractivity contribution >= 4 is 29.6 Å². The minimum Gasteiger partial charge on any atom is -0.548 e. The Balaban J connectivity index is 1.17. The van der Waals surface area contributed by atoms with Crippen LogP contribution in [0.3, 0.4) is 0 Å². The number of hydrogen-bond acceptors (Lipinski definition) is 9. The van der Waals surface area contributed by atoms with Crippen LogP contribution in [-0.2, 0) is 19.1 Å². The van der Waals surface area contributed by atoms with Crippen molar-refractivity contribution in [1.82, 2.24) is 15.3 Å². The zero-order valence-electron chi connectivity index (χ0n) is 28.4. The highest BCUT2D eigenvalue weighted by atomic mass is 16.6. The Bertz CT molecular complexity index is 1520. The molecule has 2 aromatic carbocycles. The number of esters is 1. The number of ether oxygens (including phenoxy) is 2. The lowest BCUT2D eigenvalue weighted by atomic mass is 9.97. The van der Waals surface area contributed by atoms with Gasteiger partial charge in [-0.1, -0.05) is 65.3 Å². The first-order chi connectivity index (χ1) is 22.8. The van der Waals surface area contributed by atoms with Crippen LogP contribution in [0.15, 0.2) is 82.9 Å². The summed E-state index contributed by atoms with van der Waals surface area (Å²) >= 11 is 0. The average Bonchev–Trinajstić information content (AvgIpc) is 3.37. The van der Waals surface area contributed by atoms with Crippen LogP contribution in [-0.4, -0.2) is 88.7 Å². The standard InChI is InChI=1S/C36H46N6O6/c1-35(2,3)33(45)47-25-42-30(38-41(34(42)46)36(4,5)32(43)44)18-17-29(39-42)37-21-12-22-40-23-19-28(20-24-40)48-31(26-13-8-6-9-14-26)27-15-10-7-11-16-27/h6-11,13-18,28,31H,12,19-25H2,1-5H3,(H-,37,39,43,44). The molecule has 1 atom stereocenters. The van der Waals surface area contributed by atoms with Gasteiger partial charge in [0.05, 0.1) is 17.5 Å². The molecule has 0 aliphatic carbocycles. The molecule has 1 N–H and O–H groups in total. The van der Waals surface area contributed by atoms with Crippen molar-refractivity contribution in [2.24, 2.45) is 15.5 Å². The quantitative estimate of drug-likeness (QED) is 0.207. The Morgan fingerprint density at radius 3 is 2.17 bits per heavy atom. The van der Waals surface area contributed by atoms with E-state index in [2.05, 4.69) is 44.7 Å². The van der Waals surface area contributed by atoms with Gasteiger partial charge in [-0.15, -0.1) is 5.10 Å². The maximum absolute atomic E-state index is 13.7. The Morgan fingerprint density at radius 1 is 1.00 bits per heavy atom. The van der Waals surface area contributed by atoms with E-state index in [4.69, 9.17) is 9.47 Å². The number of carbonyl (C=O) groups is 3. The van der Waals surface area contributed by atoms with E-state index in [0.717, 1.165) is 55.0 Å². The fraction of sp³-hybridized carbons (Fsp3) is 0.472. The van der Waals surface area contributed by atoms with Gasteiger partial charge in [0.2, 0.25) is 0 Å². The van der Waals surface area contributed by atoms with Crippen molar-refractivity contribution < 1.29 is 33.6 Å². The van der Waals surface area contributed by atoms with Crippen molar-refractivity contribution in [3.05, 3.63) is 83.9 Å². The molecule has 256 valence electrons. The summed E-state index contributed by atoms with van der Waals surface area (Å²) in [6, 6.07) is 20.0. The van der Waals surface area contributed by atoms with Crippen LogP contribution in [0.4, 0.5) is 4.79 Å². The van der Waals surface area contributed by atoms with E-state index in [9.17, 15) is 19.5 Å². The molecule has 3 aliphatic rings. The average molecular weight is 659 g/mol. The smallest absolute Gasteiger partial charge is 0.474 e. The van der Waals surface area contributed by atoms with Crippen molar-refractivity contribution in [3.8, 4) is 0 Å². The number of amidine groups is 2. The number of carboxylic acid groups (broad SMARTS) is 1. The summed E-state index contributed by atoms with van der Waals surface area (Å²) in [5.41, 5.74) is 2.82. The van der Waals surface area contributed by atoms with E-state index in [1.807, 2.05) is 36.4 Å². The Labute approximate surface area is 282 Å². The van der Waals surface area contributed by atoms with Gasteiger partial charge in [0.1, 0.15) is 11.6 Å². The highest BCUT2D eigenvalue weighted by Gasteiger charge is 2.59. The van der Waals surface area contributed by atoms with Gasteiger partial charge in [-0.05, 0) is 77.6 Å². The lowest BCUT2D eigenvalue weighted by Gasteiger charge is -2.35. The van der Waals surface area contributed by atoms with Crippen molar-refractivity contribution in [2.75, 3.05) is 32.9 Å². The molecule has 1 saturated heterocycles. The van der Waals surface area contributed by atoms with E-state index in [1.54, 1.807) is 32.9 Å². The number of aliphatic imine (C=N–C) groups is 1. The van der Waals surface area contributed by atoms with Crippen LogP contribution in [0.2, 0.25) is 0 Å². The van der Waals surface area contributed by atoms with Crippen LogP contribution in [0, 0.1) is 5.41 Å². The number of quaternary nitrogens is 1. The van der Waals surface area contributed by atoms with Crippen LogP contribution < -0.4 is 10.5 Å². The molecule has 1 unspecified atom stereocenters. The highest BCUT2D eigenvalue weighted by Crippen LogP contribution is 2.31.